The summed E-state index contributed by atoms with van der Waals surface area (Å²) in [5.74, 6) is 2.12. The minimum atomic E-state index is -0.503. The van der Waals surface area contributed by atoms with Gasteiger partial charge in [0.1, 0.15) is 23.9 Å². The van der Waals surface area contributed by atoms with Crippen LogP contribution in [0.15, 0.2) is 65.9 Å². The number of ether oxygens (including phenoxy) is 3. The molecule has 0 radical (unpaired) electrons. The molecule has 0 aliphatic rings. The first-order valence-electron chi connectivity index (χ1n) is 9.92. The van der Waals surface area contributed by atoms with Crippen LogP contribution in [-0.2, 0) is 6.61 Å². The van der Waals surface area contributed by atoms with E-state index in [1.165, 1.54) is 7.05 Å². The number of aryl methyl sites for hydroxylation is 1. The predicted octanol–water partition coefficient (Wildman–Crippen LogP) is 5.67. The van der Waals surface area contributed by atoms with Crippen LogP contribution in [0, 0.1) is 12.5 Å². The van der Waals surface area contributed by atoms with Gasteiger partial charge in [-0.15, -0.1) is 0 Å². The number of rotatable bonds is 8. The lowest BCUT2D eigenvalue weighted by Crippen LogP contribution is -2.27. The van der Waals surface area contributed by atoms with Gasteiger partial charge < -0.3 is 19.5 Å². The molecule has 8 nitrogen and oxygen atoms in total. The molecule has 0 aliphatic heterocycles. The van der Waals surface area contributed by atoms with Gasteiger partial charge in [0.2, 0.25) is 0 Å². The highest BCUT2D eigenvalue weighted by molar-refractivity contribution is 5.89. The molecule has 0 atom stereocenters. The molecule has 3 aromatic carbocycles. The maximum absolute atomic E-state index is 12.1. The molecule has 0 aromatic heterocycles. The number of urea groups is 1. The monoisotopic (exact) mass is 434 g/mol. The average molecular weight is 434 g/mol. The van der Waals surface area contributed by atoms with Crippen molar-refractivity contribution in [1.29, 1.82) is 5.53 Å². The Balaban J connectivity index is 1.86. The first-order valence-corrected chi connectivity index (χ1v) is 9.92. The summed E-state index contributed by atoms with van der Waals surface area (Å²) in [6.45, 7) is 2.19. The van der Waals surface area contributed by atoms with E-state index in [4.69, 9.17) is 19.7 Å². The molecule has 166 valence electrons. The lowest BCUT2D eigenvalue weighted by atomic mass is 10.0. The van der Waals surface area contributed by atoms with Gasteiger partial charge in [0, 0.05) is 23.9 Å². The van der Waals surface area contributed by atoms with E-state index < -0.39 is 6.03 Å². The van der Waals surface area contributed by atoms with Crippen LogP contribution in [0.1, 0.15) is 11.1 Å². The quantitative estimate of drug-likeness (QED) is 0.353. The number of carbonyl (C=O) groups excluding carboxylic acids is 1. The van der Waals surface area contributed by atoms with Crippen LogP contribution in [-0.4, -0.2) is 32.3 Å². The van der Waals surface area contributed by atoms with E-state index >= 15 is 0 Å². The molecular weight excluding hydrogens is 408 g/mol. The Bertz CT molecular complexity index is 1120. The Labute approximate surface area is 187 Å². The number of anilines is 1. The van der Waals surface area contributed by atoms with Gasteiger partial charge in [-0.1, -0.05) is 29.5 Å². The topological polar surface area (TPSA) is 96.2 Å². The van der Waals surface area contributed by atoms with Crippen molar-refractivity contribution in [3.63, 3.8) is 0 Å². The van der Waals surface area contributed by atoms with Crippen LogP contribution in [0.4, 0.5) is 10.5 Å². The van der Waals surface area contributed by atoms with Gasteiger partial charge in [0.25, 0.3) is 0 Å². The highest BCUT2D eigenvalue weighted by atomic mass is 16.5. The zero-order chi connectivity index (χ0) is 23.1. The van der Waals surface area contributed by atoms with Gasteiger partial charge in [-0.2, -0.15) is 10.5 Å². The number of benzene rings is 3. The zero-order valence-electron chi connectivity index (χ0n) is 18.5. The van der Waals surface area contributed by atoms with Gasteiger partial charge in [0.05, 0.1) is 14.2 Å². The van der Waals surface area contributed by atoms with Crippen molar-refractivity contribution >= 4 is 11.7 Å². The normalized spacial score (nSPS) is 10.2. The van der Waals surface area contributed by atoms with Crippen LogP contribution in [0.5, 0.6) is 17.2 Å². The summed E-state index contributed by atoms with van der Waals surface area (Å²) in [7, 11) is 4.66. The summed E-state index contributed by atoms with van der Waals surface area (Å²) < 4.78 is 17.0. The SMILES string of the molecule is COc1cccc(-c2cc(OCc3c(C)cccc3NC(=O)N(C)N=N)ccc2OC)c1. The number of amides is 2. The van der Waals surface area contributed by atoms with E-state index in [1.807, 2.05) is 61.5 Å². The van der Waals surface area contributed by atoms with E-state index in [2.05, 4.69) is 10.5 Å². The van der Waals surface area contributed by atoms with Gasteiger partial charge in [-0.25, -0.2) is 4.79 Å². The largest absolute Gasteiger partial charge is 0.497 e. The Morgan fingerprint density at radius 2 is 1.81 bits per heavy atom. The van der Waals surface area contributed by atoms with E-state index in [-0.39, 0.29) is 6.61 Å². The predicted molar refractivity (Wildman–Crippen MR) is 122 cm³/mol. The molecule has 8 heteroatoms. The molecule has 2 amide bonds. The van der Waals surface area contributed by atoms with Crippen LogP contribution in [0.2, 0.25) is 0 Å². The average Bonchev–Trinajstić information content (AvgIpc) is 2.82. The Morgan fingerprint density at radius 1 is 1.03 bits per heavy atom. The third-order valence-electron chi connectivity index (χ3n) is 5.03. The van der Waals surface area contributed by atoms with Crippen molar-refractivity contribution in [1.82, 2.24) is 5.01 Å². The fraction of sp³-hybridized carbons (Fsp3) is 0.208. The van der Waals surface area contributed by atoms with Crippen LogP contribution >= 0.6 is 0 Å². The van der Waals surface area contributed by atoms with Crippen molar-refractivity contribution in [3.8, 4) is 28.4 Å². The number of methoxy groups -OCH3 is 2. The molecule has 3 aromatic rings. The summed E-state index contributed by atoms with van der Waals surface area (Å²) in [4.78, 5) is 12.1. The lowest BCUT2D eigenvalue weighted by Gasteiger charge is -2.17. The summed E-state index contributed by atoms with van der Waals surface area (Å²) in [5, 5.41) is 6.80. The smallest absolute Gasteiger partial charge is 0.343 e. The standard InChI is InChI=1S/C24H26N4O4/c1-16-7-5-10-22(26-24(29)28(2)27-25)21(16)15-32-19-11-12-23(31-4)20(14-19)17-8-6-9-18(13-17)30-3/h5-14,25H,15H2,1-4H3,(H,26,29). The first-order chi connectivity index (χ1) is 15.5. The lowest BCUT2D eigenvalue weighted by molar-refractivity contribution is 0.220. The second-order valence-corrected chi connectivity index (χ2v) is 7.04. The van der Waals surface area contributed by atoms with Crippen LogP contribution < -0.4 is 19.5 Å². The Morgan fingerprint density at radius 3 is 2.53 bits per heavy atom. The van der Waals surface area contributed by atoms with Crippen molar-refractivity contribution in [3.05, 3.63) is 71.8 Å². The molecule has 0 fully saturated rings. The van der Waals surface area contributed by atoms with E-state index in [0.717, 1.165) is 38.8 Å². The molecule has 0 spiro atoms. The van der Waals surface area contributed by atoms with E-state index in [9.17, 15) is 4.79 Å². The maximum atomic E-state index is 12.1. The highest BCUT2D eigenvalue weighted by Gasteiger charge is 2.14. The molecular formula is C24H26N4O4. The number of nitrogens with one attached hydrogen (secondary N) is 2. The summed E-state index contributed by atoms with van der Waals surface area (Å²) in [6, 6.07) is 18.4. The molecule has 3 rings (SSSR count). The molecule has 0 saturated carbocycles. The molecule has 0 aliphatic carbocycles. The van der Waals surface area contributed by atoms with Gasteiger partial charge in [0.15, 0.2) is 0 Å². The third kappa shape index (κ3) is 5.15. The van der Waals surface area contributed by atoms with Crippen molar-refractivity contribution in [2.24, 2.45) is 5.22 Å². The zero-order valence-corrected chi connectivity index (χ0v) is 18.5. The number of carbonyl (C=O) groups is 1. The fourth-order valence-corrected chi connectivity index (χ4v) is 3.20. The molecule has 0 bridgehead atoms. The highest BCUT2D eigenvalue weighted by Crippen LogP contribution is 2.35. The fourth-order valence-electron chi connectivity index (χ4n) is 3.20. The Hall–Kier alpha value is -4.07. The third-order valence-corrected chi connectivity index (χ3v) is 5.03. The van der Waals surface area contributed by atoms with Crippen molar-refractivity contribution < 1.29 is 19.0 Å². The number of hydrogen-bond donors (Lipinski definition) is 2. The molecule has 0 unspecified atom stereocenters. The van der Waals surface area contributed by atoms with E-state index in [1.54, 1.807) is 20.3 Å². The maximum Gasteiger partial charge on any atom is 0.343 e. The summed E-state index contributed by atoms with van der Waals surface area (Å²) >= 11 is 0. The van der Waals surface area contributed by atoms with Crippen LogP contribution in [0.25, 0.3) is 11.1 Å². The number of hydrogen-bond acceptors (Lipinski definition) is 6. The summed E-state index contributed by atoms with van der Waals surface area (Å²) in [6.07, 6.45) is 0. The summed E-state index contributed by atoms with van der Waals surface area (Å²) in [5.41, 5.74) is 11.2. The van der Waals surface area contributed by atoms with Crippen molar-refractivity contribution in [2.45, 2.75) is 13.5 Å². The van der Waals surface area contributed by atoms with Crippen LogP contribution in [0.3, 0.4) is 0 Å². The first kappa shape index (κ1) is 22.6. The molecule has 2 N–H and O–H groups in total. The van der Waals surface area contributed by atoms with Gasteiger partial charge in [-0.05, 0) is 54.4 Å². The van der Waals surface area contributed by atoms with Crippen molar-refractivity contribution in [2.75, 3.05) is 26.6 Å². The molecule has 0 saturated heterocycles. The molecule has 32 heavy (non-hydrogen) atoms. The second-order valence-electron chi connectivity index (χ2n) is 7.04. The Kier molecular flexibility index (Phi) is 7.28. The number of nitrogens with zero attached hydrogens (tertiary/aromatic N) is 2. The van der Waals surface area contributed by atoms with Gasteiger partial charge in [-0.3, -0.25) is 0 Å². The minimum absolute atomic E-state index is 0.244. The molecule has 0 heterocycles. The van der Waals surface area contributed by atoms with E-state index in [0.29, 0.717) is 11.4 Å². The van der Waals surface area contributed by atoms with Gasteiger partial charge >= 0.3 is 6.03 Å². The minimum Gasteiger partial charge on any atom is -0.497 e. The second kappa shape index (κ2) is 10.3.